The van der Waals surface area contributed by atoms with Crippen LogP contribution in [0.3, 0.4) is 0 Å². The first-order valence-corrected chi connectivity index (χ1v) is 10.7. The molecule has 29 heavy (non-hydrogen) atoms. The molecule has 0 aromatic heterocycles. The van der Waals surface area contributed by atoms with E-state index >= 15 is 0 Å². The molecule has 4 bridgehead atoms. The van der Waals surface area contributed by atoms with E-state index in [1.54, 1.807) is 12.1 Å². The number of esters is 1. The van der Waals surface area contributed by atoms with E-state index in [-0.39, 0.29) is 18.1 Å². The number of benzene rings is 2. The monoisotopic (exact) mass is 389 g/mol. The van der Waals surface area contributed by atoms with E-state index in [4.69, 9.17) is 4.74 Å². The number of ether oxygens (including phenoxy) is 1. The molecule has 2 aromatic rings. The maximum absolute atomic E-state index is 12.5. The number of hydrogen-bond acceptors (Lipinski definition) is 3. The van der Waals surface area contributed by atoms with E-state index in [1.807, 2.05) is 42.5 Å². The Hall–Kier alpha value is -2.62. The van der Waals surface area contributed by atoms with Gasteiger partial charge in [0, 0.05) is 5.54 Å². The Morgan fingerprint density at radius 2 is 1.38 bits per heavy atom. The number of amides is 1. The number of rotatable bonds is 5. The van der Waals surface area contributed by atoms with Crippen LogP contribution in [0.25, 0.3) is 11.1 Å². The zero-order valence-electron chi connectivity index (χ0n) is 16.6. The highest BCUT2D eigenvalue weighted by atomic mass is 16.5. The van der Waals surface area contributed by atoms with Crippen molar-refractivity contribution < 1.29 is 14.3 Å². The molecule has 2 aromatic carbocycles. The average molecular weight is 389 g/mol. The van der Waals surface area contributed by atoms with Gasteiger partial charge in [0.1, 0.15) is 0 Å². The fraction of sp³-hybridized carbons (Fsp3) is 0.440. The Kier molecular flexibility index (Phi) is 4.65. The number of carbonyl (C=O) groups is 2. The summed E-state index contributed by atoms with van der Waals surface area (Å²) in [6.07, 6.45) is 7.30. The fourth-order valence-electron chi connectivity index (χ4n) is 6.24. The van der Waals surface area contributed by atoms with Crippen LogP contribution in [-0.4, -0.2) is 24.0 Å². The number of nitrogens with one attached hydrogen (secondary N) is 1. The lowest BCUT2D eigenvalue weighted by Crippen LogP contribution is -2.60. The van der Waals surface area contributed by atoms with Crippen molar-refractivity contribution in [3.63, 3.8) is 0 Å². The zero-order valence-corrected chi connectivity index (χ0v) is 16.6. The van der Waals surface area contributed by atoms with Gasteiger partial charge < -0.3 is 10.1 Å². The van der Waals surface area contributed by atoms with Crippen LogP contribution in [-0.2, 0) is 9.53 Å². The molecule has 0 atom stereocenters. The summed E-state index contributed by atoms with van der Waals surface area (Å²) < 4.78 is 5.30. The lowest BCUT2D eigenvalue weighted by molar-refractivity contribution is -0.130. The van der Waals surface area contributed by atoms with E-state index < -0.39 is 5.97 Å². The summed E-state index contributed by atoms with van der Waals surface area (Å²) in [6.45, 7) is -0.207. The summed E-state index contributed by atoms with van der Waals surface area (Å²) in [5.74, 6) is 1.69. The van der Waals surface area contributed by atoms with Gasteiger partial charge in [-0.1, -0.05) is 42.5 Å². The van der Waals surface area contributed by atoms with Gasteiger partial charge in [0.25, 0.3) is 5.91 Å². The van der Waals surface area contributed by atoms with Crippen LogP contribution in [0, 0.1) is 17.8 Å². The Morgan fingerprint density at radius 1 is 0.828 bits per heavy atom. The SMILES string of the molecule is O=C(COC(=O)c1ccc(-c2ccccc2)cc1)NC12CC3CC(CC(C3)C1)C2. The summed E-state index contributed by atoms with van der Waals surface area (Å²) in [6, 6.07) is 17.3. The zero-order chi connectivity index (χ0) is 19.8. The summed E-state index contributed by atoms with van der Waals surface area (Å²) in [5.41, 5.74) is 2.56. The molecule has 6 rings (SSSR count). The topological polar surface area (TPSA) is 55.4 Å². The largest absolute Gasteiger partial charge is 0.452 e. The predicted octanol–water partition coefficient (Wildman–Crippen LogP) is 4.60. The van der Waals surface area contributed by atoms with Gasteiger partial charge in [0.15, 0.2) is 6.61 Å². The third-order valence-electron chi connectivity index (χ3n) is 7.00. The van der Waals surface area contributed by atoms with Crippen molar-refractivity contribution in [1.29, 1.82) is 0 Å². The molecule has 0 aliphatic heterocycles. The van der Waals surface area contributed by atoms with Crippen LogP contribution in [0.4, 0.5) is 0 Å². The molecule has 0 spiro atoms. The van der Waals surface area contributed by atoms with E-state index in [1.165, 1.54) is 19.3 Å². The van der Waals surface area contributed by atoms with Crippen LogP contribution < -0.4 is 5.32 Å². The fourth-order valence-corrected chi connectivity index (χ4v) is 6.24. The summed E-state index contributed by atoms with van der Waals surface area (Å²) in [5, 5.41) is 3.25. The molecule has 4 nitrogen and oxygen atoms in total. The third kappa shape index (κ3) is 3.81. The lowest BCUT2D eigenvalue weighted by atomic mass is 9.53. The first-order valence-electron chi connectivity index (χ1n) is 10.7. The first kappa shape index (κ1) is 18.4. The van der Waals surface area contributed by atoms with Gasteiger partial charge >= 0.3 is 5.97 Å². The molecule has 4 aliphatic rings. The Labute approximate surface area is 171 Å². The Morgan fingerprint density at radius 3 is 1.97 bits per heavy atom. The minimum Gasteiger partial charge on any atom is -0.452 e. The molecule has 4 aliphatic carbocycles. The van der Waals surface area contributed by atoms with Crippen LogP contribution >= 0.6 is 0 Å². The van der Waals surface area contributed by atoms with Gasteiger partial charge in [-0.15, -0.1) is 0 Å². The van der Waals surface area contributed by atoms with Crippen molar-refractivity contribution in [3.05, 3.63) is 60.2 Å². The molecule has 1 N–H and O–H groups in total. The molecular weight excluding hydrogens is 362 g/mol. The molecule has 0 radical (unpaired) electrons. The maximum atomic E-state index is 12.5. The number of hydrogen-bond donors (Lipinski definition) is 1. The van der Waals surface area contributed by atoms with Crippen molar-refractivity contribution >= 4 is 11.9 Å². The third-order valence-corrected chi connectivity index (χ3v) is 7.00. The molecule has 0 heterocycles. The van der Waals surface area contributed by atoms with Crippen molar-refractivity contribution in [2.75, 3.05) is 6.61 Å². The molecular formula is C25H27NO3. The molecule has 150 valence electrons. The van der Waals surface area contributed by atoms with Gasteiger partial charge in [0.05, 0.1) is 5.56 Å². The summed E-state index contributed by atoms with van der Waals surface area (Å²) in [4.78, 5) is 24.9. The summed E-state index contributed by atoms with van der Waals surface area (Å²) >= 11 is 0. The standard InChI is InChI=1S/C25H27NO3/c27-23(26-25-13-17-10-18(14-25)12-19(11-17)15-25)16-29-24(28)22-8-6-21(7-9-22)20-4-2-1-3-5-20/h1-9,17-19H,10-16H2,(H,26,27). The van der Waals surface area contributed by atoms with E-state index in [0.717, 1.165) is 48.1 Å². The van der Waals surface area contributed by atoms with Crippen LogP contribution in [0.2, 0.25) is 0 Å². The van der Waals surface area contributed by atoms with Crippen LogP contribution in [0.15, 0.2) is 54.6 Å². The second-order valence-corrected chi connectivity index (χ2v) is 9.27. The Bertz CT molecular complexity index is 868. The van der Waals surface area contributed by atoms with Crippen LogP contribution in [0.1, 0.15) is 48.9 Å². The first-order chi connectivity index (χ1) is 14.1. The highest BCUT2D eigenvalue weighted by molar-refractivity contribution is 5.92. The van der Waals surface area contributed by atoms with Gasteiger partial charge in [-0.2, -0.15) is 0 Å². The maximum Gasteiger partial charge on any atom is 0.338 e. The van der Waals surface area contributed by atoms with E-state index in [2.05, 4.69) is 5.32 Å². The number of carbonyl (C=O) groups excluding carboxylic acids is 2. The average Bonchev–Trinajstić information content (AvgIpc) is 2.71. The normalized spacial score (nSPS) is 29.4. The molecule has 0 saturated heterocycles. The van der Waals surface area contributed by atoms with Crippen LogP contribution in [0.5, 0.6) is 0 Å². The smallest absolute Gasteiger partial charge is 0.338 e. The predicted molar refractivity (Wildman–Crippen MR) is 111 cm³/mol. The van der Waals surface area contributed by atoms with Gasteiger partial charge in [-0.3, -0.25) is 4.79 Å². The van der Waals surface area contributed by atoms with Crippen molar-refractivity contribution in [2.45, 2.75) is 44.1 Å². The minimum atomic E-state index is -0.453. The van der Waals surface area contributed by atoms with Gasteiger partial charge in [-0.05, 0) is 79.5 Å². The highest BCUT2D eigenvalue weighted by Crippen LogP contribution is 2.55. The van der Waals surface area contributed by atoms with Gasteiger partial charge in [0.2, 0.25) is 0 Å². The van der Waals surface area contributed by atoms with Crippen molar-refractivity contribution in [1.82, 2.24) is 5.32 Å². The van der Waals surface area contributed by atoms with Crippen molar-refractivity contribution in [2.24, 2.45) is 17.8 Å². The summed E-state index contributed by atoms with van der Waals surface area (Å²) in [7, 11) is 0. The molecule has 0 unspecified atom stereocenters. The molecule has 4 heteroatoms. The van der Waals surface area contributed by atoms with Gasteiger partial charge in [-0.25, -0.2) is 4.79 Å². The van der Waals surface area contributed by atoms with E-state index in [0.29, 0.717) is 5.56 Å². The minimum absolute atomic E-state index is 0.0461. The molecule has 4 fully saturated rings. The van der Waals surface area contributed by atoms with E-state index in [9.17, 15) is 9.59 Å². The second kappa shape index (κ2) is 7.33. The highest BCUT2D eigenvalue weighted by Gasteiger charge is 2.51. The second-order valence-electron chi connectivity index (χ2n) is 9.27. The van der Waals surface area contributed by atoms with Crippen molar-refractivity contribution in [3.8, 4) is 11.1 Å². The lowest BCUT2D eigenvalue weighted by Gasteiger charge is -2.56. The molecule has 4 saturated carbocycles. The quantitative estimate of drug-likeness (QED) is 0.761. The molecule has 1 amide bonds. The Balaban J connectivity index is 1.16.